The van der Waals surface area contributed by atoms with Gasteiger partial charge in [-0.05, 0) is 57.0 Å². The Morgan fingerprint density at radius 1 is 0.857 bits per heavy atom. The van der Waals surface area contributed by atoms with E-state index in [1.54, 1.807) is 24.3 Å². The predicted octanol–water partition coefficient (Wildman–Crippen LogP) is 5.35. The van der Waals surface area contributed by atoms with Gasteiger partial charge in [-0.2, -0.15) is 0 Å². The number of halogens is 1. The van der Waals surface area contributed by atoms with Gasteiger partial charge in [0.2, 0.25) is 0 Å². The molecule has 0 atom stereocenters. The van der Waals surface area contributed by atoms with Gasteiger partial charge < -0.3 is 11.1 Å². The van der Waals surface area contributed by atoms with Crippen LogP contribution in [0, 0.1) is 0 Å². The summed E-state index contributed by atoms with van der Waals surface area (Å²) in [5, 5.41) is 4.41. The zero-order chi connectivity index (χ0) is 25.3. The van der Waals surface area contributed by atoms with E-state index < -0.39 is 10.0 Å². The summed E-state index contributed by atoms with van der Waals surface area (Å²) in [6.45, 7) is 12.9. The first-order chi connectivity index (χ1) is 15.7. The summed E-state index contributed by atoms with van der Waals surface area (Å²) in [5.41, 5.74) is 7.40. The van der Waals surface area contributed by atoms with Crippen LogP contribution in [0.5, 0.6) is 0 Å². The van der Waals surface area contributed by atoms with E-state index in [1.165, 1.54) is 0 Å². The van der Waals surface area contributed by atoms with Gasteiger partial charge in [-0.25, -0.2) is 8.42 Å². The van der Waals surface area contributed by atoms with E-state index in [9.17, 15) is 13.2 Å². The van der Waals surface area contributed by atoms with Gasteiger partial charge in [0, 0.05) is 13.1 Å². The minimum atomic E-state index is -3.98. The molecule has 0 aromatic heterocycles. The molecule has 3 rings (SSSR count). The second-order valence-corrected chi connectivity index (χ2v) is 12.3. The molecule has 0 bridgehead atoms. The molecule has 1 amide bonds. The number of sulfonamides is 1. The highest BCUT2D eigenvalue weighted by Gasteiger charge is 2.26. The summed E-state index contributed by atoms with van der Waals surface area (Å²) in [7, 11) is -3.98. The van der Waals surface area contributed by atoms with Crippen LogP contribution in [-0.4, -0.2) is 27.4 Å². The number of hydrogen-bond acceptors (Lipinski definition) is 4. The number of carbonyl (C=O) groups excluding carboxylic acids is 1. The third-order valence-electron chi connectivity index (χ3n) is 5.75. The molecule has 3 aromatic rings. The Labute approximate surface area is 215 Å². The molecule has 3 aromatic carbocycles. The standard InChI is InChI=1S/C27H35N3O3S.ClH/c1-26(2,3)20-15-21(27(4,5)6)17-22(16-20)34(32,33)30-24-14-19-10-8-7-9-18(19)13-23(24)25(31)29-12-11-28;/h7-10,13-17,30H,11-12,28H2,1-6H3,(H,29,31);1H. The molecule has 6 nitrogen and oxygen atoms in total. The van der Waals surface area contributed by atoms with Gasteiger partial charge in [0.25, 0.3) is 15.9 Å². The molecule has 0 heterocycles. The van der Waals surface area contributed by atoms with Gasteiger partial charge in [-0.3, -0.25) is 9.52 Å². The summed E-state index contributed by atoms with van der Waals surface area (Å²) in [6.07, 6.45) is 0. The molecule has 0 saturated carbocycles. The molecular formula is C27H36ClN3O3S. The van der Waals surface area contributed by atoms with Gasteiger partial charge >= 0.3 is 0 Å². The maximum Gasteiger partial charge on any atom is 0.261 e. The van der Waals surface area contributed by atoms with Crippen LogP contribution in [-0.2, 0) is 20.9 Å². The highest BCUT2D eigenvalue weighted by Crippen LogP contribution is 2.33. The summed E-state index contributed by atoms with van der Waals surface area (Å²) in [4.78, 5) is 13.0. The lowest BCUT2D eigenvalue weighted by atomic mass is 9.81. The van der Waals surface area contributed by atoms with Crippen molar-refractivity contribution in [1.82, 2.24) is 5.32 Å². The number of amides is 1. The zero-order valence-electron chi connectivity index (χ0n) is 21.2. The lowest BCUT2D eigenvalue weighted by Gasteiger charge is -2.26. The highest BCUT2D eigenvalue weighted by molar-refractivity contribution is 7.92. The maximum atomic E-state index is 13.6. The summed E-state index contributed by atoms with van der Waals surface area (Å²) < 4.78 is 29.9. The highest BCUT2D eigenvalue weighted by atomic mass is 35.5. The van der Waals surface area contributed by atoms with Crippen molar-refractivity contribution in [2.75, 3.05) is 17.8 Å². The van der Waals surface area contributed by atoms with Gasteiger partial charge in [0.05, 0.1) is 16.1 Å². The monoisotopic (exact) mass is 517 g/mol. The average molecular weight is 518 g/mol. The van der Waals surface area contributed by atoms with Crippen molar-refractivity contribution >= 4 is 44.8 Å². The largest absolute Gasteiger partial charge is 0.351 e. The second kappa shape index (κ2) is 10.6. The van der Waals surface area contributed by atoms with E-state index in [0.717, 1.165) is 21.9 Å². The summed E-state index contributed by atoms with van der Waals surface area (Å²) in [6, 6.07) is 16.4. The molecule has 0 saturated heterocycles. The van der Waals surface area contributed by atoms with E-state index >= 15 is 0 Å². The van der Waals surface area contributed by atoms with Crippen LogP contribution in [0.2, 0.25) is 0 Å². The van der Waals surface area contributed by atoms with Crippen molar-refractivity contribution in [1.29, 1.82) is 0 Å². The Hall–Kier alpha value is -2.61. The normalized spacial score (nSPS) is 12.2. The fourth-order valence-electron chi connectivity index (χ4n) is 3.62. The van der Waals surface area contributed by atoms with Crippen molar-refractivity contribution in [3.05, 3.63) is 71.3 Å². The lowest BCUT2D eigenvalue weighted by Crippen LogP contribution is -2.30. The minimum absolute atomic E-state index is 0. The fraction of sp³-hybridized carbons (Fsp3) is 0.370. The van der Waals surface area contributed by atoms with Gasteiger partial charge in [-0.15, -0.1) is 12.4 Å². The molecule has 0 aliphatic carbocycles. The molecule has 0 aliphatic heterocycles. The molecule has 0 unspecified atom stereocenters. The van der Waals surface area contributed by atoms with Crippen LogP contribution in [0.3, 0.4) is 0 Å². The summed E-state index contributed by atoms with van der Waals surface area (Å²) >= 11 is 0. The molecular weight excluding hydrogens is 482 g/mol. The Morgan fingerprint density at radius 2 is 1.37 bits per heavy atom. The molecule has 8 heteroatoms. The van der Waals surface area contributed by atoms with E-state index in [0.29, 0.717) is 6.54 Å². The van der Waals surface area contributed by atoms with Crippen LogP contribution < -0.4 is 15.8 Å². The zero-order valence-corrected chi connectivity index (χ0v) is 22.9. The Kier molecular flexibility index (Phi) is 8.64. The fourth-order valence-corrected chi connectivity index (χ4v) is 4.76. The molecule has 0 fully saturated rings. The van der Waals surface area contributed by atoms with E-state index in [1.807, 2.05) is 24.3 Å². The van der Waals surface area contributed by atoms with Crippen molar-refractivity contribution in [2.24, 2.45) is 5.73 Å². The van der Waals surface area contributed by atoms with Gasteiger partial charge in [-0.1, -0.05) is 71.9 Å². The van der Waals surface area contributed by atoms with Crippen LogP contribution in [0.15, 0.2) is 59.5 Å². The number of benzene rings is 3. The molecule has 4 N–H and O–H groups in total. The average Bonchev–Trinajstić information content (AvgIpc) is 2.75. The smallest absolute Gasteiger partial charge is 0.261 e. The predicted molar refractivity (Wildman–Crippen MR) is 147 cm³/mol. The van der Waals surface area contributed by atoms with Crippen LogP contribution >= 0.6 is 12.4 Å². The maximum absolute atomic E-state index is 13.6. The number of hydrogen-bond donors (Lipinski definition) is 3. The van der Waals surface area contributed by atoms with Crippen LogP contribution in [0.4, 0.5) is 5.69 Å². The van der Waals surface area contributed by atoms with Crippen molar-refractivity contribution in [3.63, 3.8) is 0 Å². The SMILES string of the molecule is CC(C)(C)c1cc(C(C)(C)C)cc(S(=O)(=O)Nc2cc3ccccc3cc2C(=O)NCCN)c1.Cl. The molecule has 35 heavy (non-hydrogen) atoms. The third kappa shape index (κ3) is 6.75. The Bertz CT molecular complexity index is 1290. The third-order valence-corrected chi connectivity index (χ3v) is 7.10. The van der Waals surface area contributed by atoms with E-state index in [2.05, 4.69) is 57.6 Å². The lowest BCUT2D eigenvalue weighted by molar-refractivity contribution is 0.0955. The number of carbonyl (C=O) groups is 1. The first-order valence-corrected chi connectivity index (χ1v) is 12.9. The van der Waals surface area contributed by atoms with E-state index in [-0.39, 0.29) is 51.8 Å². The topological polar surface area (TPSA) is 101 Å². The van der Waals surface area contributed by atoms with Crippen molar-refractivity contribution < 1.29 is 13.2 Å². The molecule has 0 radical (unpaired) electrons. The second-order valence-electron chi connectivity index (χ2n) is 10.6. The van der Waals surface area contributed by atoms with Crippen LogP contribution in [0.1, 0.15) is 63.0 Å². The first-order valence-electron chi connectivity index (χ1n) is 11.4. The van der Waals surface area contributed by atoms with Crippen molar-refractivity contribution in [2.45, 2.75) is 57.3 Å². The van der Waals surface area contributed by atoms with E-state index in [4.69, 9.17) is 5.73 Å². The van der Waals surface area contributed by atoms with Crippen molar-refractivity contribution in [3.8, 4) is 0 Å². The van der Waals surface area contributed by atoms with Gasteiger partial charge in [0.15, 0.2) is 0 Å². The number of fused-ring (bicyclic) bond motifs is 1. The minimum Gasteiger partial charge on any atom is -0.351 e. The molecule has 0 aliphatic rings. The number of nitrogens with one attached hydrogen (secondary N) is 2. The van der Waals surface area contributed by atoms with Crippen LogP contribution in [0.25, 0.3) is 10.8 Å². The summed E-state index contributed by atoms with van der Waals surface area (Å²) in [5.74, 6) is -0.382. The Morgan fingerprint density at radius 3 is 1.86 bits per heavy atom. The first kappa shape index (κ1) is 28.6. The Balaban J connectivity index is 0.00000432. The van der Waals surface area contributed by atoms with Gasteiger partial charge in [0.1, 0.15) is 0 Å². The number of rotatable bonds is 6. The molecule has 0 spiro atoms. The quantitative estimate of drug-likeness (QED) is 0.410. The molecule has 190 valence electrons. The number of nitrogens with two attached hydrogens (primary N) is 1. The number of anilines is 1.